The zero-order valence-electron chi connectivity index (χ0n) is 17.1. The number of benzene rings is 3. The molecule has 0 spiro atoms. The summed E-state index contributed by atoms with van der Waals surface area (Å²) in [6, 6.07) is 21.2. The lowest BCUT2D eigenvalue weighted by molar-refractivity contribution is 0.284. The number of aromatic amines is 1. The third kappa shape index (κ3) is 4.55. The van der Waals surface area contributed by atoms with E-state index in [4.69, 9.17) is 21.1 Å². The van der Waals surface area contributed by atoms with Gasteiger partial charge >= 0.3 is 0 Å². The average molecular weight is 430 g/mol. The van der Waals surface area contributed by atoms with E-state index in [1.54, 1.807) is 13.2 Å². The van der Waals surface area contributed by atoms with Crippen molar-refractivity contribution in [3.05, 3.63) is 88.2 Å². The van der Waals surface area contributed by atoms with Gasteiger partial charge in [0, 0.05) is 10.6 Å². The number of hydrogen-bond donors (Lipinski definition) is 1. The van der Waals surface area contributed by atoms with Crippen LogP contribution >= 0.6 is 11.6 Å². The largest absolute Gasteiger partial charge is 0.493 e. The average Bonchev–Trinajstić information content (AvgIpc) is 3.20. The Bertz CT molecular complexity index is 1320. The lowest BCUT2D eigenvalue weighted by Crippen LogP contribution is -1.98. The van der Waals surface area contributed by atoms with Crippen LogP contribution in [-0.4, -0.2) is 17.1 Å². The number of H-pyrrole nitrogens is 1. The van der Waals surface area contributed by atoms with Gasteiger partial charge in [-0.3, -0.25) is 0 Å². The summed E-state index contributed by atoms with van der Waals surface area (Å²) < 4.78 is 11.4. The summed E-state index contributed by atoms with van der Waals surface area (Å²) in [6.45, 7) is 2.34. The molecule has 0 bridgehead atoms. The topological polar surface area (TPSA) is 70.9 Å². The lowest BCUT2D eigenvalue weighted by atomic mass is 10.1. The first-order valence-electron chi connectivity index (χ1n) is 9.70. The summed E-state index contributed by atoms with van der Waals surface area (Å²) in [5.74, 6) is 1.69. The van der Waals surface area contributed by atoms with Gasteiger partial charge in [-0.25, -0.2) is 4.98 Å². The van der Waals surface area contributed by atoms with E-state index in [1.807, 2.05) is 67.6 Å². The second-order valence-electron chi connectivity index (χ2n) is 7.07. The maximum Gasteiger partial charge on any atom is 0.161 e. The maximum atomic E-state index is 9.69. The zero-order valence-corrected chi connectivity index (χ0v) is 17.9. The highest BCUT2D eigenvalue weighted by Gasteiger charge is 2.11. The van der Waals surface area contributed by atoms with Crippen LogP contribution in [0.3, 0.4) is 0 Å². The molecule has 0 saturated carbocycles. The predicted octanol–water partition coefficient (Wildman–Crippen LogP) is 6.18. The molecule has 0 aliphatic rings. The number of nitrogens with zero attached hydrogens (tertiary/aromatic N) is 2. The Morgan fingerprint density at radius 1 is 1.13 bits per heavy atom. The normalized spacial score (nSPS) is 11.4. The maximum absolute atomic E-state index is 9.69. The van der Waals surface area contributed by atoms with Crippen LogP contribution in [-0.2, 0) is 6.61 Å². The minimum absolute atomic E-state index is 0.326. The minimum atomic E-state index is 0.326. The molecule has 6 heteroatoms. The van der Waals surface area contributed by atoms with Crippen molar-refractivity contribution < 1.29 is 9.47 Å². The van der Waals surface area contributed by atoms with Crippen LogP contribution < -0.4 is 9.47 Å². The molecule has 4 rings (SSSR count). The van der Waals surface area contributed by atoms with E-state index in [0.717, 1.165) is 27.7 Å². The first-order valence-corrected chi connectivity index (χ1v) is 10.1. The number of hydrogen-bond acceptors (Lipinski definition) is 4. The van der Waals surface area contributed by atoms with Crippen LogP contribution in [0.2, 0.25) is 5.02 Å². The van der Waals surface area contributed by atoms with Gasteiger partial charge in [0.05, 0.1) is 23.7 Å². The van der Waals surface area contributed by atoms with Crippen molar-refractivity contribution in [1.82, 2.24) is 9.97 Å². The highest BCUT2D eigenvalue weighted by Crippen LogP contribution is 2.31. The zero-order chi connectivity index (χ0) is 21.8. The van der Waals surface area contributed by atoms with Gasteiger partial charge in [-0.2, -0.15) is 5.26 Å². The number of rotatable bonds is 6. The highest BCUT2D eigenvalue weighted by molar-refractivity contribution is 6.31. The molecule has 0 amide bonds. The molecule has 1 aromatic heterocycles. The predicted molar refractivity (Wildman–Crippen MR) is 123 cm³/mol. The van der Waals surface area contributed by atoms with Crippen LogP contribution in [0.5, 0.6) is 11.5 Å². The first-order chi connectivity index (χ1) is 15.1. The van der Waals surface area contributed by atoms with E-state index < -0.39 is 0 Å². The van der Waals surface area contributed by atoms with Crippen LogP contribution in [0.1, 0.15) is 22.5 Å². The Kier molecular flexibility index (Phi) is 5.92. The number of aromatic nitrogens is 2. The van der Waals surface area contributed by atoms with Crippen molar-refractivity contribution in [1.29, 1.82) is 5.26 Å². The fourth-order valence-corrected chi connectivity index (χ4v) is 3.43. The van der Waals surface area contributed by atoms with E-state index >= 15 is 0 Å². The molecular weight excluding hydrogens is 410 g/mol. The molecule has 154 valence electrons. The Balaban J connectivity index is 1.60. The SMILES string of the molecule is COc1cc(/C=C(\C#N)c2nc3ccc(C)cc3[nH]2)ccc1OCc1ccccc1Cl. The highest BCUT2D eigenvalue weighted by atomic mass is 35.5. The fourth-order valence-electron chi connectivity index (χ4n) is 3.24. The number of aryl methyl sites for hydroxylation is 1. The van der Waals surface area contributed by atoms with Crippen LogP contribution in [0, 0.1) is 18.3 Å². The smallest absolute Gasteiger partial charge is 0.161 e. The molecule has 0 aliphatic heterocycles. The van der Waals surface area contributed by atoms with Crippen molar-refractivity contribution in [3.63, 3.8) is 0 Å². The number of methoxy groups -OCH3 is 1. The molecule has 0 radical (unpaired) electrons. The Morgan fingerprint density at radius 3 is 2.74 bits per heavy atom. The summed E-state index contributed by atoms with van der Waals surface area (Å²) in [7, 11) is 1.58. The molecule has 5 nitrogen and oxygen atoms in total. The van der Waals surface area contributed by atoms with E-state index in [1.165, 1.54) is 0 Å². The molecule has 1 heterocycles. The van der Waals surface area contributed by atoms with Gasteiger partial charge in [-0.1, -0.05) is 41.9 Å². The summed E-state index contributed by atoms with van der Waals surface area (Å²) in [4.78, 5) is 7.76. The monoisotopic (exact) mass is 429 g/mol. The minimum Gasteiger partial charge on any atom is -0.493 e. The van der Waals surface area contributed by atoms with E-state index in [2.05, 4.69) is 16.0 Å². The first kappa shape index (κ1) is 20.5. The second-order valence-corrected chi connectivity index (χ2v) is 7.47. The number of halogens is 1. The molecular formula is C25H20ClN3O2. The van der Waals surface area contributed by atoms with Crippen LogP contribution in [0.25, 0.3) is 22.7 Å². The van der Waals surface area contributed by atoms with Crippen LogP contribution in [0.15, 0.2) is 60.7 Å². The van der Waals surface area contributed by atoms with Gasteiger partial charge in [0.25, 0.3) is 0 Å². The van der Waals surface area contributed by atoms with Crippen molar-refractivity contribution >= 4 is 34.3 Å². The molecule has 31 heavy (non-hydrogen) atoms. The van der Waals surface area contributed by atoms with Crippen molar-refractivity contribution in [2.24, 2.45) is 0 Å². The van der Waals surface area contributed by atoms with Gasteiger partial charge in [0.2, 0.25) is 0 Å². The van der Waals surface area contributed by atoms with E-state index in [9.17, 15) is 5.26 Å². The standard InChI is InChI=1S/C25H20ClN3O2/c1-16-7-9-21-22(11-16)29-25(28-21)19(14-27)12-17-8-10-23(24(13-17)30-2)31-15-18-5-3-4-6-20(18)26/h3-13H,15H2,1-2H3,(H,28,29)/b19-12+. The number of allylic oxidation sites excluding steroid dienone is 1. The van der Waals surface area contributed by atoms with Crippen molar-refractivity contribution in [2.45, 2.75) is 13.5 Å². The van der Waals surface area contributed by atoms with Crippen LogP contribution in [0.4, 0.5) is 0 Å². The number of ether oxygens (including phenoxy) is 2. The van der Waals surface area contributed by atoms with Gasteiger partial charge in [-0.05, 0) is 54.5 Å². The van der Waals surface area contributed by atoms with Crippen molar-refractivity contribution in [3.8, 4) is 17.6 Å². The number of nitriles is 1. The molecule has 0 aliphatic carbocycles. The van der Waals surface area contributed by atoms with E-state index in [-0.39, 0.29) is 0 Å². The number of imidazole rings is 1. The Hall–Kier alpha value is -3.75. The van der Waals surface area contributed by atoms with Crippen molar-refractivity contribution in [2.75, 3.05) is 7.11 Å². The molecule has 0 unspecified atom stereocenters. The second kappa shape index (κ2) is 8.95. The third-order valence-electron chi connectivity index (χ3n) is 4.85. The molecule has 1 N–H and O–H groups in total. The van der Waals surface area contributed by atoms with Gasteiger partial charge < -0.3 is 14.5 Å². The quantitative estimate of drug-likeness (QED) is 0.371. The summed E-state index contributed by atoms with van der Waals surface area (Å²) >= 11 is 6.20. The summed E-state index contributed by atoms with van der Waals surface area (Å²) in [6.07, 6.45) is 1.77. The molecule has 4 aromatic rings. The molecule has 3 aromatic carbocycles. The van der Waals surface area contributed by atoms with Gasteiger partial charge in [-0.15, -0.1) is 0 Å². The van der Waals surface area contributed by atoms with E-state index in [0.29, 0.717) is 34.5 Å². The van der Waals surface area contributed by atoms with Gasteiger partial charge in [0.15, 0.2) is 11.5 Å². The Morgan fingerprint density at radius 2 is 1.97 bits per heavy atom. The van der Waals surface area contributed by atoms with Gasteiger partial charge in [0.1, 0.15) is 18.5 Å². The molecule has 0 fully saturated rings. The summed E-state index contributed by atoms with van der Waals surface area (Å²) in [5, 5.41) is 10.3. The lowest BCUT2D eigenvalue weighted by Gasteiger charge is -2.12. The Labute approximate surface area is 185 Å². The number of fused-ring (bicyclic) bond motifs is 1. The molecule has 0 saturated heterocycles. The number of nitrogens with one attached hydrogen (secondary N) is 1. The third-order valence-corrected chi connectivity index (χ3v) is 5.22. The summed E-state index contributed by atoms with van der Waals surface area (Å²) in [5.41, 5.74) is 4.97. The molecule has 0 atom stereocenters. The fraction of sp³-hybridized carbons (Fsp3) is 0.120.